The van der Waals surface area contributed by atoms with Crippen LogP contribution in [0.25, 0.3) is 0 Å². The van der Waals surface area contributed by atoms with Crippen LogP contribution >= 0.6 is 27.3 Å². The molecular formula is C16H23BrN2S. The van der Waals surface area contributed by atoms with E-state index in [1.807, 2.05) is 11.3 Å². The molecule has 0 amide bonds. The SMILES string of the molecule is Brc1csc(CN2CC3(CCCC3)NCC2C2CC2)c1. The van der Waals surface area contributed by atoms with Crippen LogP contribution in [-0.4, -0.2) is 29.6 Å². The second kappa shape index (κ2) is 5.38. The lowest BCUT2D eigenvalue weighted by Gasteiger charge is -2.46. The molecular weight excluding hydrogens is 332 g/mol. The molecule has 0 radical (unpaired) electrons. The Morgan fingerprint density at radius 2 is 2.15 bits per heavy atom. The average molecular weight is 355 g/mol. The lowest BCUT2D eigenvalue weighted by atomic mass is 9.91. The fourth-order valence-corrected chi connectivity index (χ4v) is 5.63. The molecule has 1 aliphatic heterocycles. The molecule has 1 saturated heterocycles. The Kier molecular flexibility index (Phi) is 3.70. The van der Waals surface area contributed by atoms with Gasteiger partial charge in [-0.25, -0.2) is 0 Å². The van der Waals surface area contributed by atoms with Crippen molar-refractivity contribution in [3.05, 3.63) is 20.8 Å². The highest BCUT2D eigenvalue weighted by atomic mass is 79.9. The average Bonchev–Trinajstić information content (AvgIpc) is 3.05. The lowest BCUT2D eigenvalue weighted by Crippen LogP contribution is -2.63. The fraction of sp³-hybridized carbons (Fsp3) is 0.750. The first-order chi connectivity index (χ1) is 9.74. The molecule has 1 spiro atoms. The highest BCUT2D eigenvalue weighted by molar-refractivity contribution is 9.10. The summed E-state index contributed by atoms with van der Waals surface area (Å²) < 4.78 is 1.24. The normalized spacial score (nSPS) is 30.1. The van der Waals surface area contributed by atoms with Crippen molar-refractivity contribution in [3.63, 3.8) is 0 Å². The van der Waals surface area contributed by atoms with Crippen molar-refractivity contribution in [2.75, 3.05) is 13.1 Å². The van der Waals surface area contributed by atoms with Gasteiger partial charge in [-0.15, -0.1) is 11.3 Å². The van der Waals surface area contributed by atoms with E-state index in [9.17, 15) is 0 Å². The maximum atomic E-state index is 3.94. The van der Waals surface area contributed by atoms with Gasteiger partial charge in [-0.05, 0) is 53.6 Å². The molecule has 3 aliphatic rings. The standard InChI is InChI=1S/C16H23BrN2S/c17-13-7-14(20-10-13)9-19-11-16(5-1-2-6-16)18-8-15(19)12-3-4-12/h7,10,12,15,18H,1-6,8-9,11H2. The molecule has 0 aromatic carbocycles. The molecule has 1 atom stereocenters. The molecule has 4 heteroatoms. The number of thiophene rings is 1. The summed E-state index contributed by atoms with van der Waals surface area (Å²) in [4.78, 5) is 4.31. The summed E-state index contributed by atoms with van der Waals surface area (Å²) in [5, 5.41) is 6.16. The fourth-order valence-electron chi connectivity index (χ4n) is 4.15. The molecule has 1 N–H and O–H groups in total. The summed E-state index contributed by atoms with van der Waals surface area (Å²) in [6.45, 7) is 3.64. The van der Waals surface area contributed by atoms with E-state index in [2.05, 4.69) is 37.6 Å². The van der Waals surface area contributed by atoms with Crippen LogP contribution in [0.15, 0.2) is 15.9 Å². The molecule has 2 saturated carbocycles. The Morgan fingerprint density at radius 3 is 2.80 bits per heavy atom. The summed E-state index contributed by atoms with van der Waals surface area (Å²) in [7, 11) is 0. The second-order valence-corrected chi connectivity index (χ2v) is 8.82. The first-order valence-corrected chi connectivity index (χ1v) is 9.63. The van der Waals surface area contributed by atoms with E-state index in [4.69, 9.17) is 0 Å². The van der Waals surface area contributed by atoms with E-state index in [-0.39, 0.29) is 0 Å². The summed E-state index contributed by atoms with van der Waals surface area (Å²) >= 11 is 5.49. The van der Waals surface area contributed by atoms with Gasteiger partial charge in [0.15, 0.2) is 0 Å². The maximum absolute atomic E-state index is 3.94. The van der Waals surface area contributed by atoms with Gasteiger partial charge >= 0.3 is 0 Å². The third-order valence-corrected chi connectivity index (χ3v) is 7.05. The minimum Gasteiger partial charge on any atom is -0.308 e. The number of hydrogen-bond donors (Lipinski definition) is 1. The first kappa shape index (κ1) is 13.7. The zero-order valence-electron chi connectivity index (χ0n) is 11.9. The van der Waals surface area contributed by atoms with Gasteiger partial charge in [0.1, 0.15) is 0 Å². The molecule has 110 valence electrons. The summed E-state index contributed by atoms with van der Waals surface area (Å²) in [5.74, 6) is 0.963. The zero-order valence-corrected chi connectivity index (χ0v) is 14.3. The van der Waals surface area contributed by atoms with E-state index in [1.54, 1.807) is 0 Å². The minimum absolute atomic E-state index is 0.444. The van der Waals surface area contributed by atoms with E-state index in [1.165, 1.54) is 61.0 Å². The van der Waals surface area contributed by atoms with Crippen LogP contribution in [0, 0.1) is 5.92 Å². The smallest absolute Gasteiger partial charge is 0.0332 e. The van der Waals surface area contributed by atoms with Crippen LogP contribution in [0.3, 0.4) is 0 Å². The third kappa shape index (κ3) is 2.72. The Hall–Kier alpha value is 0.1000. The van der Waals surface area contributed by atoms with Crippen LogP contribution in [-0.2, 0) is 6.54 Å². The van der Waals surface area contributed by atoms with Crippen molar-refractivity contribution in [2.45, 2.75) is 56.7 Å². The van der Waals surface area contributed by atoms with Crippen LogP contribution in [0.2, 0.25) is 0 Å². The highest BCUT2D eigenvalue weighted by Gasteiger charge is 2.45. The van der Waals surface area contributed by atoms with Gasteiger partial charge in [-0.2, -0.15) is 0 Å². The van der Waals surface area contributed by atoms with Crippen molar-refractivity contribution >= 4 is 27.3 Å². The van der Waals surface area contributed by atoms with Gasteiger partial charge in [-0.1, -0.05) is 12.8 Å². The zero-order chi connectivity index (χ0) is 13.6. The Balaban J connectivity index is 1.51. The van der Waals surface area contributed by atoms with Crippen molar-refractivity contribution in [2.24, 2.45) is 5.92 Å². The second-order valence-electron chi connectivity index (χ2n) is 6.91. The molecule has 3 fully saturated rings. The molecule has 2 nitrogen and oxygen atoms in total. The predicted molar refractivity (Wildman–Crippen MR) is 88.1 cm³/mol. The van der Waals surface area contributed by atoms with E-state index < -0.39 is 0 Å². The van der Waals surface area contributed by atoms with Gasteiger partial charge < -0.3 is 5.32 Å². The van der Waals surface area contributed by atoms with Gasteiger partial charge in [0.05, 0.1) is 0 Å². The van der Waals surface area contributed by atoms with E-state index in [0.29, 0.717) is 5.54 Å². The molecule has 1 aromatic heterocycles. The Labute approximate surface area is 134 Å². The quantitative estimate of drug-likeness (QED) is 0.882. The topological polar surface area (TPSA) is 15.3 Å². The Morgan fingerprint density at radius 1 is 1.35 bits per heavy atom. The van der Waals surface area contributed by atoms with E-state index in [0.717, 1.165) is 18.5 Å². The van der Waals surface area contributed by atoms with Crippen LogP contribution in [0.4, 0.5) is 0 Å². The van der Waals surface area contributed by atoms with Crippen LogP contribution in [0.5, 0.6) is 0 Å². The number of hydrogen-bond acceptors (Lipinski definition) is 3. The summed E-state index contributed by atoms with van der Waals surface area (Å²) in [5.41, 5.74) is 0.444. The minimum atomic E-state index is 0.444. The number of piperazine rings is 1. The number of halogens is 1. The van der Waals surface area contributed by atoms with Gasteiger partial charge in [0.2, 0.25) is 0 Å². The Bertz CT molecular complexity index is 477. The number of rotatable bonds is 3. The first-order valence-electron chi connectivity index (χ1n) is 7.96. The van der Waals surface area contributed by atoms with Crippen molar-refractivity contribution in [3.8, 4) is 0 Å². The van der Waals surface area contributed by atoms with Crippen molar-refractivity contribution in [1.29, 1.82) is 0 Å². The lowest BCUT2D eigenvalue weighted by molar-refractivity contribution is 0.0636. The van der Waals surface area contributed by atoms with Gasteiger partial charge in [0.25, 0.3) is 0 Å². The summed E-state index contributed by atoms with van der Waals surface area (Å²) in [6, 6.07) is 3.08. The number of nitrogens with zero attached hydrogens (tertiary/aromatic N) is 1. The van der Waals surface area contributed by atoms with Crippen molar-refractivity contribution in [1.82, 2.24) is 10.2 Å². The highest BCUT2D eigenvalue weighted by Crippen LogP contribution is 2.41. The van der Waals surface area contributed by atoms with E-state index >= 15 is 0 Å². The van der Waals surface area contributed by atoms with Crippen LogP contribution < -0.4 is 5.32 Å². The van der Waals surface area contributed by atoms with Gasteiger partial charge in [-0.3, -0.25) is 4.90 Å². The molecule has 2 aliphatic carbocycles. The van der Waals surface area contributed by atoms with Gasteiger partial charge in [0, 0.05) is 45.9 Å². The summed E-state index contributed by atoms with van der Waals surface area (Å²) in [6.07, 6.45) is 8.50. The molecule has 4 rings (SSSR count). The number of nitrogens with one attached hydrogen (secondary N) is 1. The molecule has 1 unspecified atom stereocenters. The maximum Gasteiger partial charge on any atom is 0.0332 e. The molecule has 2 heterocycles. The predicted octanol–water partition coefficient (Wildman–Crippen LogP) is 4.01. The molecule has 1 aromatic rings. The van der Waals surface area contributed by atoms with Crippen molar-refractivity contribution < 1.29 is 0 Å². The monoisotopic (exact) mass is 354 g/mol. The molecule has 20 heavy (non-hydrogen) atoms. The molecule has 0 bridgehead atoms. The third-order valence-electron chi connectivity index (χ3n) is 5.37. The van der Waals surface area contributed by atoms with Crippen LogP contribution in [0.1, 0.15) is 43.4 Å². The largest absolute Gasteiger partial charge is 0.308 e.